The molecule has 0 aromatic heterocycles. The SMILES string of the molecule is CC(C)c1cc(C(C)C)c(C=Cc2c(C(C)C)cc(C(C)C)cc2C(C)C)c(C(C)C)c1. The quantitative estimate of drug-likeness (QED) is 0.364. The molecule has 0 N–H and O–H groups in total. The van der Waals surface area contributed by atoms with Gasteiger partial charge >= 0.3 is 0 Å². The van der Waals surface area contributed by atoms with Crippen molar-refractivity contribution in [2.75, 3.05) is 0 Å². The van der Waals surface area contributed by atoms with Crippen LogP contribution in [0.5, 0.6) is 0 Å². The van der Waals surface area contributed by atoms with E-state index in [0.29, 0.717) is 35.5 Å². The molecule has 0 heterocycles. The van der Waals surface area contributed by atoms with Gasteiger partial charge in [-0.15, -0.1) is 0 Å². The monoisotopic (exact) mass is 432 g/mol. The molecule has 0 spiro atoms. The Bertz CT molecular complexity index is 797. The zero-order valence-corrected chi connectivity index (χ0v) is 22.9. The van der Waals surface area contributed by atoms with Gasteiger partial charge < -0.3 is 0 Å². The summed E-state index contributed by atoms with van der Waals surface area (Å²) in [6, 6.07) is 9.82. The summed E-state index contributed by atoms with van der Waals surface area (Å²) in [7, 11) is 0. The molecule has 32 heavy (non-hydrogen) atoms. The van der Waals surface area contributed by atoms with Crippen LogP contribution < -0.4 is 0 Å². The first-order valence-corrected chi connectivity index (χ1v) is 12.9. The molecule has 0 nitrogen and oxygen atoms in total. The van der Waals surface area contributed by atoms with E-state index in [9.17, 15) is 0 Å². The molecule has 0 bridgehead atoms. The molecule has 0 unspecified atom stereocenters. The van der Waals surface area contributed by atoms with Crippen LogP contribution in [-0.4, -0.2) is 0 Å². The van der Waals surface area contributed by atoms with Gasteiger partial charge in [-0.2, -0.15) is 0 Å². The average molecular weight is 433 g/mol. The van der Waals surface area contributed by atoms with Crippen molar-refractivity contribution in [1.82, 2.24) is 0 Å². The van der Waals surface area contributed by atoms with Gasteiger partial charge in [0.25, 0.3) is 0 Å². The van der Waals surface area contributed by atoms with Gasteiger partial charge in [-0.1, -0.05) is 120 Å². The lowest BCUT2D eigenvalue weighted by Gasteiger charge is -2.23. The molecule has 0 saturated carbocycles. The normalized spacial score (nSPS) is 12.7. The molecule has 0 aliphatic rings. The third-order valence-corrected chi connectivity index (χ3v) is 6.77. The molecule has 0 fully saturated rings. The first kappa shape index (κ1) is 26.4. The lowest BCUT2D eigenvalue weighted by Crippen LogP contribution is -2.05. The first-order chi connectivity index (χ1) is 14.8. The lowest BCUT2D eigenvalue weighted by atomic mass is 9.82. The van der Waals surface area contributed by atoms with Crippen LogP contribution in [0.15, 0.2) is 24.3 Å². The van der Waals surface area contributed by atoms with Crippen molar-refractivity contribution in [3.8, 4) is 0 Å². The molecule has 2 aromatic rings. The fourth-order valence-electron chi connectivity index (χ4n) is 4.57. The van der Waals surface area contributed by atoms with Crippen LogP contribution in [0, 0.1) is 0 Å². The second kappa shape index (κ2) is 10.9. The average Bonchev–Trinajstić information content (AvgIpc) is 2.70. The van der Waals surface area contributed by atoms with Gasteiger partial charge in [0.15, 0.2) is 0 Å². The van der Waals surface area contributed by atoms with Gasteiger partial charge in [-0.3, -0.25) is 0 Å². The zero-order chi connectivity index (χ0) is 24.3. The van der Waals surface area contributed by atoms with Gasteiger partial charge in [0.1, 0.15) is 0 Å². The minimum absolute atomic E-state index is 0.503. The predicted molar refractivity (Wildman–Crippen MR) is 146 cm³/mol. The van der Waals surface area contributed by atoms with Crippen molar-refractivity contribution >= 4 is 12.2 Å². The summed E-state index contributed by atoms with van der Waals surface area (Å²) in [6.07, 6.45) is 4.85. The van der Waals surface area contributed by atoms with Crippen molar-refractivity contribution in [2.24, 2.45) is 0 Å². The molecule has 0 heteroatoms. The van der Waals surface area contributed by atoms with Crippen LogP contribution in [-0.2, 0) is 0 Å². The van der Waals surface area contributed by atoms with Gasteiger partial charge in [0, 0.05) is 0 Å². The maximum Gasteiger partial charge on any atom is -0.0187 e. The van der Waals surface area contributed by atoms with E-state index in [2.05, 4.69) is 120 Å². The largest absolute Gasteiger partial charge is 0.0587 e. The van der Waals surface area contributed by atoms with E-state index in [1.54, 1.807) is 0 Å². The number of rotatable bonds is 8. The number of hydrogen-bond acceptors (Lipinski definition) is 0. The van der Waals surface area contributed by atoms with E-state index in [0.717, 1.165) is 0 Å². The molecule has 0 aliphatic carbocycles. The summed E-state index contributed by atoms with van der Waals surface area (Å²) >= 11 is 0. The van der Waals surface area contributed by atoms with Gasteiger partial charge in [0.2, 0.25) is 0 Å². The predicted octanol–water partition coefficient (Wildman–Crippen LogP) is 10.6. The Balaban J connectivity index is 2.79. The lowest BCUT2D eigenvalue weighted by molar-refractivity contribution is 0.799. The highest BCUT2D eigenvalue weighted by molar-refractivity contribution is 5.77. The van der Waals surface area contributed by atoms with Crippen molar-refractivity contribution in [3.05, 3.63) is 68.8 Å². The zero-order valence-electron chi connectivity index (χ0n) is 22.9. The van der Waals surface area contributed by atoms with Gasteiger partial charge in [-0.05, 0) is 80.0 Å². The fourth-order valence-corrected chi connectivity index (χ4v) is 4.57. The third-order valence-electron chi connectivity index (χ3n) is 6.77. The van der Waals surface area contributed by atoms with Crippen LogP contribution >= 0.6 is 0 Å². The van der Waals surface area contributed by atoms with E-state index >= 15 is 0 Å². The second-order valence-corrected chi connectivity index (χ2v) is 11.5. The number of hydrogen-bond donors (Lipinski definition) is 0. The molecule has 2 rings (SSSR count). The molecule has 0 saturated heterocycles. The topological polar surface area (TPSA) is 0 Å². The standard InChI is InChI=1S/C32H48/c1-19(2)25-15-29(21(5)6)27(30(16-25)22(7)8)13-14-28-31(23(9)10)17-26(20(3)4)18-32(28)24(11)12/h13-24H,1-12H3. The summed E-state index contributed by atoms with van der Waals surface area (Å²) in [5.41, 5.74) is 11.7. The van der Waals surface area contributed by atoms with Crippen LogP contribution in [0.1, 0.15) is 163 Å². The Kier molecular flexibility index (Phi) is 8.98. The maximum absolute atomic E-state index is 2.45. The summed E-state index contributed by atoms with van der Waals surface area (Å²) in [6.45, 7) is 27.9. The summed E-state index contributed by atoms with van der Waals surface area (Å²) in [5, 5.41) is 0. The number of benzene rings is 2. The molecule has 0 amide bonds. The van der Waals surface area contributed by atoms with Gasteiger partial charge in [-0.25, -0.2) is 0 Å². The smallest absolute Gasteiger partial charge is 0.0187 e. The Hall–Kier alpha value is -1.82. The maximum atomic E-state index is 2.45. The molecule has 0 aliphatic heterocycles. The third kappa shape index (κ3) is 5.94. The Labute approximate surface area is 199 Å². The van der Waals surface area contributed by atoms with Crippen molar-refractivity contribution in [1.29, 1.82) is 0 Å². The Morgan fingerprint density at radius 1 is 0.375 bits per heavy atom. The summed E-state index contributed by atoms with van der Waals surface area (Å²) < 4.78 is 0. The van der Waals surface area contributed by atoms with Crippen LogP contribution in [0.25, 0.3) is 12.2 Å². The van der Waals surface area contributed by atoms with Crippen LogP contribution in [0.3, 0.4) is 0 Å². The fraction of sp³-hybridized carbons (Fsp3) is 0.562. The van der Waals surface area contributed by atoms with E-state index < -0.39 is 0 Å². The van der Waals surface area contributed by atoms with Crippen LogP contribution in [0.2, 0.25) is 0 Å². The van der Waals surface area contributed by atoms with Crippen molar-refractivity contribution in [3.63, 3.8) is 0 Å². The molecule has 0 radical (unpaired) electrons. The van der Waals surface area contributed by atoms with E-state index in [4.69, 9.17) is 0 Å². The molecule has 0 atom stereocenters. The van der Waals surface area contributed by atoms with Crippen molar-refractivity contribution < 1.29 is 0 Å². The molecular weight excluding hydrogens is 384 g/mol. The highest BCUT2D eigenvalue weighted by Crippen LogP contribution is 2.36. The Morgan fingerprint density at radius 3 is 0.750 bits per heavy atom. The minimum atomic E-state index is 0.503. The second-order valence-electron chi connectivity index (χ2n) is 11.5. The summed E-state index contributed by atoms with van der Waals surface area (Å²) in [5.74, 6) is 3.11. The molecule has 176 valence electrons. The molecule has 2 aromatic carbocycles. The molecular formula is C32H48. The van der Waals surface area contributed by atoms with Crippen LogP contribution in [0.4, 0.5) is 0 Å². The first-order valence-electron chi connectivity index (χ1n) is 12.9. The van der Waals surface area contributed by atoms with E-state index in [-0.39, 0.29) is 0 Å². The van der Waals surface area contributed by atoms with Gasteiger partial charge in [0.05, 0.1) is 0 Å². The van der Waals surface area contributed by atoms with Crippen molar-refractivity contribution in [2.45, 2.75) is 119 Å². The highest BCUT2D eigenvalue weighted by atomic mass is 14.2. The minimum Gasteiger partial charge on any atom is -0.0587 e. The van der Waals surface area contributed by atoms with E-state index in [1.807, 2.05) is 0 Å². The summed E-state index contributed by atoms with van der Waals surface area (Å²) in [4.78, 5) is 0. The Morgan fingerprint density at radius 2 is 0.594 bits per heavy atom. The van der Waals surface area contributed by atoms with E-state index in [1.165, 1.54) is 44.5 Å². The highest BCUT2D eigenvalue weighted by Gasteiger charge is 2.18.